The molecule has 0 bridgehead atoms. The summed E-state index contributed by atoms with van der Waals surface area (Å²) in [7, 11) is 3.37. The molecule has 7 nitrogen and oxygen atoms in total. The number of rotatable bonds is 8. The van der Waals surface area contributed by atoms with E-state index < -0.39 is 12.1 Å². The van der Waals surface area contributed by atoms with E-state index in [2.05, 4.69) is 10.6 Å². The monoisotopic (exact) mass is 385 g/mol. The summed E-state index contributed by atoms with van der Waals surface area (Å²) < 4.78 is 5.49. The molecular formula is C21H27N3O4. The fourth-order valence-corrected chi connectivity index (χ4v) is 2.38. The third kappa shape index (κ3) is 6.92. The number of aliphatic hydroxyl groups is 1. The van der Waals surface area contributed by atoms with E-state index in [1.54, 1.807) is 32.3 Å². The van der Waals surface area contributed by atoms with Crippen LogP contribution in [0.3, 0.4) is 0 Å². The molecule has 0 fully saturated rings. The molecule has 3 amide bonds. The van der Waals surface area contributed by atoms with E-state index in [0.29, 0.717) is 11.4 Å². The summed E-state index contributed by atoms with van der Waals surface area (Å²) in [6.45, 7) is 2.09. The van der Waals surface area contributed by atoms with E-state index in [1.165, 1.54) is 4.90 Å². The van der Waals surface area contributed by atoms with Gasteiger partial charge in [-0.05, 0) is 30.7 Å². The molecule has 2 aromatic carbocycles. The summed E-state index contributed by atoms with van der Waals surface area (Å²) in [4.78, 5) is 25.6. The first-order valence-corrected chi connectivity index (χ1v) is 9.05. The summed E-state index contributed by atoms with van der Waals surface area (Å²) in [5.41, 5.74) is 2.40. The molecule has 2 rings (SSSR count). The molecule has 0 heterocycles. The minimum Gasteiger partial charge on any atom is -0.491 e. The number of nitrogens with one attached hydrogen (secondary N) is 2. The number of likely N-dealkylation sites (N-methyl/N-ethyl adjacent to an activating group) is 1. The van der Waals surface area contributed by atoms with Gasteiger partial charge in [-0.2, -0.15) is 0 Å². The van der Waals surface area contributed by atoms with Gasteiger partial charge in [0.15, 0.2) is 0 Å². The van der Waals surface area contributed by atoms with Gasteiger partial charge >= 0.3 is 6.03 Å². The number of amides is 3. The molecule has 1 unspecified atom stereocenters. The van der Waals surface area contributed by atoms with Crippen LogP contribution >= 0.6 is 0 Å². The summed E-state index contributed by atoms with van der Waals surface area (Å²) in [6.07, 6.45) is -0.658. The van der Waals surface area contributed by atoms with Gasteiger partial charge in [0.05, 0.1) is 6.42 Å². The van der Waals surface area contributed by atoms with Crippen molar-refractivity contribution in [3.05, 3.63) is 59.7 Å². The zero-order valence-electron chi connectivity index (χ0n) is 16.4. The van der Waals surface area contributed by atoms with Crippen LogP contribution in [0.15, 0.2) is 48.5 Å². The number of hydrogen-bond donors (Lipinski definition) is 3. The lowest BCUT2D eigenvalue weighted by Gasteiger charge is -2.16. The molecular weight excluding hydrogens is 358 g/mol. The Morgan fingerprint density at radius 2 is 1.79 bits per heavy atom. The molecule has 0 aliphatic heterocycles. The molecule has 7 heteroatoms. The number of carbonyl (C=O) groups is 2. The average Bonchev–Trinajstić information content (AvgIpc) is 2.67. The zero-order valence-corrected chi connectivity index (χ0v) is 16.4. The van der Waals surface area contributed by atoms with E-state index in [1.807, 2.05) is 37.3 Å². The summed E-state index contributed by atoms with van der Waals surface area (Å²) in [5, 5.41) is 15.3. The average molecular weight is 385 g/mol. The fourth-order valence-electron chi connectivity index (χ4n) is 2.38. The maximum absolute atomic E-state index is 12.1. The van der Waals surface area contributed by atoms with Crippen LogP contribution in [0.25, 0.3) is 0 Å². The SMILES string of the molecule is Cc1ccc(OCC(O)CNC(=O)Nc2ccccc2CC(=O)N(C)C)cc1. The van der Waals surface area contributed by atoms with Gasteiger partial charge in [0.2, 0.25) is 5.91 Å². The summed E-state index contributed by atoms with van der Waals surface area (Å²) in [5.74, 6) is 0.604. The molecule has 2 aromatic rings. The largest absolute Gasteiger partial charge is 0.491 e. The first-order chi connectivity index (χ1) is 13.3. The Kier molecular flexibility index (Phi) is 7.83. The van der Waals surface area contributed by atoms with Crippen LogP contribution in [-0.4, -0.2) is 55.3 Å². The molecule has 0 saturated carbocycles. The third-order valence-electron chi connectivity index (χ3n) is 4.07. The van der Waals surface area contributed by atoms with Crippen molar-refractivity contribution in [2.45, 2.75) is 19.4 Å². The highest BCUT2D eigenvalue weighted by Gasteiger charge is 2.12. The van der Waals surface area contributed by atoms with Crippen molar-refractivity contribution < 1.29 is 19.4 Å². The highest BCUT2D eigenvalue weighted by molar-refractivity contribution is 5.91. The second-order valence-corrected chi connectivity index (χ2v) is 6.73. The van der Waals surface area contributed by atoms with E-state index in [9.17, 15) is 14.7 Å². The Morgan fingerprint density at radius 1 is 1.11 bits per heavy atom. The van der Waals surface area contributed by atoms with Gasteiger partial charge in [0.25, 0.3) is 0 Å². The fraction of sp³-hybridized carbons (Fsp3) is 0.333. The molecule has 0 aromatic heterocycles. The van der Waals surface area contributed by atoms with Gasteiger partial charge < -0.3 is 25.4 Å². The minimum atomic E-state index is -0.849. The first-order valence-electron chi connectivity index (χ1n) is 9.05. The minimum absolute atomic E-state index is 0.0382. The third-order valence-corrected chi connectivity index (χ3v) is 4.07. The highest BCUT2D eigenvalue weighted by Crippen LogP contribution is 2.16. The van der Waals surface area contributed by atoms with Crippen molar-refractivity contribution in [2.75, 3.05) is 32.6 Å². The number of ether oxygens (including phenoxy) is 1. The van der Waals surface area contributed by atoms with Crippen molar-refractivity contribution in [3.8, 4) is 5.75 Å². The van der Waals surface area contributed by atoms with Crippen LogP contribution < -0.4 is 15.4 Å². The molecule has 0 saturated heterocycles. The van der Waals surface area contributed by atoms with Crippen molar-refractivity contribution in [2.24, 2.45) is 0 Å². The van der Waals surface area contributed by atoms with Crippen LogP contribution in [0.5, 0.6) is 5.75 Å². The van der Waals surface area contributed by atoms with E-state index >= 15 is 0 Å². The van der Waals surface area contributed by atoms with E-state index in [-0.39, 0.29) is 25.5 Å². The van der Waals surface area contributed by atoms with Crippen LogP contribution in [0.2, 0.25) is 0 Å². The standard InChI is InChI=1S/C21H27N3O4/c1-15-8-10-18(11-9-15)28-14-17(25)13-22-21(27)23-19-7-5-4-6-16(19)12-20(26)24(2)3/h4-11,17,25H,12-14H2,1-3H3,(H2,22,23,27). The van der Waals surface area contributed by atoms with Crippen LogP contribution in [0.4, 0.5) is 10.5 Å². The van der Waals surface area contributed by atoms with Crippen LogP contribution in [0, 0.1) is 6.92 Å². The molecule has 3 N–H and O–H groups in total. The predicted molar refractivity (Wildman–Crippen MR) is 109 cm³/mol. The van der Waals surface area contributed by atoms with Crippen molar-refractivity contribution in [3.63, 3.8) is 0 Å². The van der Waals surface area contributed by atoms with E-state index in [4.69, 9.17) is 4.74 Å². The van der Waals surface area contributed by atoms with Gasteiger partial charge in [0, 0.05) is 26.3 Å². The second kappa shape index (κ2) is 10.3. The molecule has 28 heavy (non-hydrogen) atoms. The van der Waals surface area contributed by atoms with Crippen molar-refractivity contribution in [1.82, 2.24) is 10.2 Å². The van der Waals surface area contributed by atoms with Gasteiger partial charge in [-0.25, -0.2) is 4.79 Å². The van der Waals surface area contributed by atoms with Crippen LogP contribution in [-0.2, 0) is 11.2 Å². The van der Waals surface area contributed by atoms with Gasteiger partial charge in [-0.3, -0.25) is 4.79 Å². The highest BCUT2D eigenvalue weighted by atomic mass is 16.5. The molecule has 0 aliphatic rings. The number of benzene rings is 2. The number of aryl methyl sites for hydroxylation is 1. The Bertz CT molecular complexity index is 790. The topological polar surface area (TPSA) is 90.9 Å². The van der Waals surface area contributed by atoms with Crippen LogP contribution in [0.1, 0.15) is 11.1 Å². The Labute approximate surface area is 165 Å². The molecule has 0 radical (unpaired) electrons. The number of urea groups is 1. The summed E-state index contributed by atoms with van der Waals surface area (Å²) in [6, 6.07) is 14.2. The number of carbonyl (C=O) groups excluding carboxylic acids is 2. The zero-order chi connectivity index (χ0) is 20.5. The van der Waals surface area contributed by atoms with Gasteiger partial charge in [-0.1, -0.05) is 35.9 Å². The number of aliphatic hydroxyl groups excluding tert-OH is 1. The molecule has 0 aliphatic carbocycles. The normalized spacial score (nSPS) is 11.4. The lowest BCUT2D eigenvalue weighted by molar-refractivity contribution is -0.127. The Balaban J connectivity index is 1.80. The number of hydrogen-bond acceptors (Lipinski definition) is 4. The second-order valence-electron chi connectivity index (χ2n) is 6.73. The predicted octanol–water partition coefficient (Wildman–Crippen LogP) is 2.19. The maximum atomic E-state index is 12.1. The molecule has 150 valence electrons. The van der Waals surface area contributed by atoms with E-state index in [0.717, 1.165) is 11.1 Å². The van der Waals surface area contributed by atoms with Crippen molar-refractivity contribution >= 4 is 17.6 Å². The number of para-hydroxylation sites is 1. The smallest absolute Gasteiger partial charge is 0.319 e. The summed E-state index contributed by atoms with van der Waals surface area (Å²) >= 11 is 0. The quantitative estimate of drug-likeness (QED) is 0.650. The first kappa shape index (κ1) is 21.2. The maximum Gasteiger partial charge on any atom is 0.319 e. The number of nitrogens with zero attached hydrogens (tertiary/aromatic N) is 1. The number of anilines is 1. The van der Waals surface area contributed by atoms with Gasteiger partial charge in [0.1, 0.15) is 18.5 Å². The molecule has 1 atom stereocenters. The van der Waals surface area contributed by atoms with Gasteiger partial charge in [-0.15, -0.1) is 0 Å². The lowest BCUT2D eigenvalue weighted by atomic mass is 10.1. The van der Waals surface area contributed by atoms with Crippen molar-refractivity contribution in [1.29, 1.82) is 0 Å². The Hall–Kier alpha value is -3.06. The lowest BCUT2D eigenvalue weighted by Crippen LogP contribution is -2.38. The Morgan fingerprint density at radius 3 is 2.46 bits per heavy atom. The molecule has 0 spiro atoms.